The first-order valence-electron chi connectivity index (χ1n) is 5.40. The lowest BCUT2D eigenvalue weighted by molar-refractivity contribution is 0.0693. The van der Waals surface area contributed by atoms with Gasteiger partial charge in [-0.25, -0.2) is 4.79 Å². The van der Waals surface area contributed by atoms with Gasteiger partial charge in [0.15, 0.2) is 0 Å². The fraction of sp³-hybridized carbons (Fsp3) is 0.417. The predicted octanol–water partition coefficient (Wildman–Crippen LogP) is 1.82. The third kappa shape index (κ3) is 1.88. The first kappa shape index (κ1) is 11.0. The summed E-state index contributed by atoms with van der Waals surface area (Å²) < 4.78 is 0. The molecule has 1 aliphatic rings. The summed E-state index contributed by atoms with van der Waals surface area (Å²) in [5.74, 6) is -1.18. The number of carbonyl (C=O) groups is 1. The molecule has 0 aliphatic carbocycles. The van der Waals surface area contributed by atoms with Crippen LogP contribution in [0.1, 0.15) is 40.4 Å². The smallest absolute Gasteiger partial charge is 0.339 e. The molecule has 4 nitrogen and oxygen atoms in total. The van der Waals surface area contributed by atoms with Gasteiger partial charge in [0, 0.05) is 11.6 Å². The first-order valence-corrected chi connectivity index (χ1v) is 5.40. The average molecular weight is 221 g/mol. The molecular weight excluding hydrogens is 206 g/mol. The topological polar surface area (TPSA) is 69.6 Å². The summed E-state index contributed by atoms with van der Waals surface area (Å²) in [5.41, 5.74) is 1.55. The van der Waals surface area contributed by atoms with Crippen LogP contribution in [0.25, 0.3) is 0 Å². The molecule has 1 fully saturated rings. The second-order valence-electron chi connectivity index (χ2n) is 4.20. The van der Waals surface area contributed by atoms with E-state index in [-0.39, 0.29) is 17.4 Å². The molecule has 0 unspecified atom stereocenters. The van der Waals surface area contributed by atoms with Crippen LogP contribution in [0.2, 0.25) is 0 Å². The van der Waals surface area contributed by atoms with Crippen LogP contribution in [-0.4, -0.2) is 22.7 Å². The molecule has 1 heterocycles. The van der Waals surface area contributed by atoms with Crippen molar-refractivity contribution >= 4 is 5.97 Å². The standard InChI is InChI=1S/C12H15NO3/c1-7-5-8(10-3-2-4-13-10)11(14)9(6-7)12(15)16/h5-6,10,13-14H,2-4H2,1H3,(H,15,16)/t10-/m1/s1. The molecule has 1 aromatic rings. The minimum absolute atomic E-state index is 0.0105. The molecule has 1 atom stereocenters. The van der Waals surface area contributed by atoms with Gasteiger partial charge in [0.05, 0.1) is 0 Å². The Morgan fingerprint density at radius 3 is 2.81 bits per heavy atom. The van der Waals surface area contributed by atoms with E-state index in [9.17, 15) is 9.90 Å². The maximum absolute atomic E-state index is 11.0. The lowest BCUT2D eigenvalue weighted by Gasteiger charge is -2.15. The Morgan fingerprint density at radius 2 is 2.25 bits per heavy atom. The van der Waals surface area contributed by atoms with Crippen molar-refractivity contribution < 1.29 is 15.0 Å². The minimum atomic E-state index is -1.08. The molecule has 0 aromatic heterocycles. The van der Waals surface area contributed by atoms with Crippen LogP contribution < -0.4 is 5.32 Å². The van der Waals surface area contributed by atoms with Crippen LogP contribution in [0.15, 0.2) is 12.1 Å². The van der Waals surface area contributed by atoms with E-state index in [1.54, 1.807) is 0 Å². The SMILES string of the molecule is Cc1cc(C(=O)O)c(O)c([C@H]2CCCN2)c1. The van der Waals surface area contributed by atoms with E-state index in [1.807, 2.05) is 13.0 Å². The van der Waals surface area contributed by atoms with Crippen LogP contribution >= 0.6 is 0 Å². The number of aromatic carboxylic acids is 1. The van der Waals surface area contributed by atoms with Gasteiger partial charge in [-0.3, -0.25) is 0 Å². The van der Waals surface area contributed by atoms with E-state index in [2.05, 4.69) is 5.32 Å². The van der Waals surface area contributed by atoms with Gasteiger partial charge < -0.3 is 15.5 Å². The highest BCUT2D eigenvalue weighted by atomic mass is 16.4. The number of hydrogen-bond acceptors (Lipinski definition) is 3. The van der Waals surface area contributed by atoms with Crippen LogP contribution in [0.3, 0.4) is 0 Å². The van der Waals surface area contributed by atoms with Crippen molar-refractivity contribution in [3.8, 4) is 5.75 Å². The Bertz CT molecular complexity index is 423. The Hall–Kier alpha value is -1.55. The Balaban J connectivity index is 2.47. The van der Waals surface area contributed by atoms with E-state index in [0.29, 0.717) is 5.56 Å². The van der Waals surface area contributed by atoms with Crippen molar-refractivity contribution in [2.45, 2.75) is 25.8 Å². The largest absolute Gasteiger partial charge is 0.507 e. The number of carboxylic acids is 1. The Kier molecular flexibility index (Phi) is 2.83. The third-order valence-corrected chi connectivity index (χ3v) is 2.95. The fourth-order valence-electron chi connectivity index (χ4n) is 2.19. The molecule has 86 valence electrons. The van der Waals surface area contributed by atoms with Crippen LogP contribution in [0, 0.1) is 6.92 Å². The molecule has 1 aromatic carbocycles. The molecule has 2 rings (SSSR count). The monoisotopic (exact) mass is 221 g/mol. The molecule has 0 radical (unpaired) electrons. The van der Waals surface area contributed by atoms with Gasteiger partial charge in [0.2, 0.25) is 0 Å². The molecule has 0 bridgehead atoms. The van der Waals surface area contributed by atoms with Crippen molar-refractivity contribution in [1.82, 2.24) is 5.32 Å². The van der Waals surface area contributed by atoms with Crippen LogP contribution in [-0.2, 0) is 0 Å². The number of phenols is 1. The highest BCUT2D eigenvalue weighted by Crippen LogP contribution is 2.33. The summed E-state index contributed by atoms with van der Waals surface area (Å²) in [5, 5.41) is 22.2. The van der Waals surface area contributed by atoms with Crippen molar-refractivity contribution in [2.24, 2.45) is 0 Å². The van der Waals surface area contributed by atoms with Crippen LogP contribution in [0.4, 0.5) is 0 Å². The maximum atomic E-state index is 11.0. The van der Waals surface area contributed by atoms with Gasteiger partial charge in [0.25, 0.3) is 0 Å². The number of nitrogens with one attached hydrogen (secondary N) is 1. The van der Waals surface area contributed by atoms with Gasteiger partial charge in [-0.05, 0) is 37.9 Å². The van der Waals surface area contributed by atoms with Gasteiger partial charge in [-0.15, -0.1) is 0 Å². The molecule has 16 heavy (non-hydrogen) atoms. The molecule has 0 amide bonds. The molecule has 1 saturated heterocycles. The van der Waals surface area contributed by atoms with Gasteiger partial charge in [0.1, 0.15) is 11.3 Å². The van der Waals surface area contributed by atoms with E-state index >= 15 is 0 Å². The summed E-state index contributed by atoms with van der Waals surface area (Å²) in [6.45, 7) is 2.75. The molecule has 4 heteroatoms. The highest BCUT2D eigenvalue weighted by molar-refractivity contribution is 5.91. The van der Waals surface area contributed by atoms with E-state index in [1.165, 1.54) is 6.07 Å². The zero-order valence-electron chi connectivity index (χ0n) is 9.16. The minimum Gasteiger partial charge on any atom is -0.507 e. The number of carboxylic acid groups (broad SMARTS) is 1. The van der Waals surface area contributed by atoms with Crippen molar-refractivity contribution in [1.29, 1.82) is 0 Å². The summed E-state index contributed by atoms with van der Waals surface area (Å²) in [7, 11) is 0. The summed E-state index contributed by atoms with van der Waals surface area (Å²) >= 11 is 0. The zero-order valence-corrected chi connectivity index (χ0v) is 9.16. The normalized spacial score (nSPS) is 19.9. The lowest BCUT2D eigenvalue weighted by atomic mass is 9.98. The first-order chi connectivity index (χ1) is 7.59. The fourth-order valence-corrected chi connectivity index (χ4v) is 2.19. The summed E-state index contributed by atoms with van der Waals surface area (Å²) in [6.07, 6.45) is 2.00. The van der Waals surface area contributed by atoms with Crippen molar-refractivity contribution in [2.75, 3.05) is 6.54 Å². The predicted molar refractivity (Wildman–Crippen MR) is 59.8 cm³/mol. The number of rotatable bonds is 2. The molecular formula is C12H15NO3. The average Bonchev–Trinajstić information content (AvgIpc) is 2.73. The molecule has 0 saturated carbocycles. The number of aryl methyl sites for hydroxylation is 1. The second-order valence-corrected chi connectivity index (χ2v) is 4.20. The van der Waals surface area contributed by atoms with Crippen molar-refractivity contribution in [3.63, 3.8) is 0 Å². The Labute approximate surface area is 93.9 Å². The molecule has 0 spiro atoms. The second kappa shape index (κ2) is 4.14. The summed E-state index contributed by atoms with van der Waals surface area (Å²) in [4.78, 5) is 11.0. The molecule has 1 aliphatic heterocycles. The van der Waals surface area contributed by atoms with E-state index in [0.717, 1.165) is 24.9 Å². The highest BCUT2D eigenvalue weighted by Gasteiger charge is 2.23. The van der Waals surface area contributed by atoms with E-state index in [4.69, 9.17) is 5.11 Å². The summed E-state index contributed by atoms with van der Waals surface area (Å²) in [6, 6.07) is 3.43. The maximum Gasteiger partial charge on any atom is 0.339 e. The van der Waals surface area contributed by atoms with E-state index < -0.39 is 5.97 Å². The number of benzene rings is 1. The van der Waals surface area contributed by atoms with Gasteiger partial charge in [-0.2, -0.15) is 0 Å². The van der Waals surface area contributed by atoms with Gasteiger partial charge in [-0.1, -0.05) is 6.07 Å². The van der Waals surface area contributed by atoms with Crippen molar-refractivity contribution in [3.05, 3.63) is 28.8 Å². The molecule has 3 N–H and O–H groups in total. The quantitative estimate of drug-likeness (QED) is 0.712. The number of aromatic hydroxyl groups is 1. The lowest BCUT2D eigenvalue weighted by Crippen LogP contribution is -2.14. The Morgan fingerprint density at radius 1 is 1.50 bits per heavy atom. The third-order valence-electron chi connectivity index (χ3n) is 2.95. The zero-order chi connectivity index (χ0) is 11.7. The van der Waals surface area contributed by atoms with Crippen LogP contribution in [0.5, 0.6) is 5.75 Å². The number of hydrogen-bond donors (Lipinski definition) is 3. The van der Waals surface area contributed by atoms with Gasteiger partial charge >= 0.3 is 5.97 Å².